The molecule has 0 unspecified atom stereocenters. The van der Waals surface area contributed by atoms with Crippen molar-refractivity contribution < 1.29 is 19.1 Å². The van der Waals surface area contributed by atoms with Crippen LogP contribution in [0.4, 0.5) is 0 Å². The van der Waals surface area contributed by atoms with Crippen molar-refractivity contribution in [2.45, 2.75) is 32.3 Å². The lowest BCUT2D eigenvalue weighted by atomic mass is 9.99. The zero-order valence-electron chi connectivity index (χ0n) is 17.8. The van der Waals surface area contributed by atoms with Gasteiger partial charge in [-0.2, -0.15) is 5.10 Å². The largest absolute Gasteiger partial charge is 0.489 e. The van der Waals surface area contributed by atoms with E-state index in [0.29, 0.717) is 17.9 Å². The van der Waals surface area contributed by atoms with E-state index in [1.165, 1.54) is 30.4 Å². The van der Waals surface area contributed by atoms with Crippen molar-refractivity contribution in [2.24, 2.45) is 5.10 Å². The van der Waals surface area contributed by atoms with E-state index in [9.17, 15) is 9.59 Å². The Bertz CT molecular complexity index is 1090. The molecular formula is C25H24N2O4S. The van der Waals surface area contributed by atoms with Gasteiger partial charge in [-0.25, -0.2) is 10.2 Å². The van der Waals surface area contributed by atoms with Crippen LogP contribution in [0.3, 0.4) is 0 Å². The van der Waals surface area contributed by atoms with Crippen LogP contribution in [0.5, 0.6) is 5.75 Å². The Balaban J connectivity index is 1.27. The summed E-state index contributed by atoms with van der Waals surface area (Å²) in [5.41, 5.74) is 6.23. The van der Waals surface area contributed by atoms with Gasteiger partial charge in [0.1, 0.15) is 12.4 Å². The molecule has 1 aromatic heterocycles. The number of nitrogens with one attached hydrogen (secondary N) is 1. The zero-order chi connectivity index (χ0) is 22.3. The lowest BCUT2D eigenvalue weighted by molar-refractivity contribution is 0.0600. The first-order valence-corrected chi connectivity index (χ1v) is 11.3. The number of carbonyl (C=O) groups excluding carboxylic acids is 2. The van der Waals surface area contributed by atoms with Crippen molar-refractivity contribution in [1.29, 1.82) is 0 Å². The van der Waals surface area contributed by atoms with Crippen molar-refractivity contribution in [3.05, 3.63) is 86.6 Å². The van der Waals surface area contributed by atoms with Crippen molar-refractivity contribution in [1.82, 2.24) is 5.43 Å². The predicted octanol–water partition coefficient (Wildman–Crippen LogP) is 4.76. The van der Waals surface area contributed by atoms with Crippen LogP contribution < -0.4 is 10.2 Å². The number of rotatable bonds is 7. The third-order valence-corrected chi connectivity index (χ3v) is 6.50. The molecule has 1 aliphatic carbocycles. The first-order valence-electron chi connectivity index (χ1n) is 10.5. The Kier molecular flexibility index (Phi) is 6.97. The minimum absolute atomic E-state index is 0.168. The molecule has 0 spiro atoms. The van der Waals surface area contributed by atoms with Crippen LogP contribution >= 0.6 is 11.3 Å². The second-order valence-corrected chi connectivity index (χ2v) is 8.65. The fourth-order valence-corrected chi connectivity index (χ4v) is 4.64. The van der Waals surface area contributed by atoms with Gasteiger partial charge < -0.3 is 9.47 Å². The van der Waals surface area contributed by atoms with Crippen molar-refractivity contribution in [3.8, 4) is 5.75 Å². The number of amides is 1. The Labute approximate surface area is 190 Å². The Morgan fingerprint density at radius 3 is 2.53 bits per heavy atom. The van der Waals surface area contributed by atoms with Crippen LogP contribution in [-0.4, -0.2) is 25.2 Å². The molecule has 0 saturated carbocycles. The Morgan fingerprint density at radius 2 is 1.81 bits per heavy atom. The molecule has 4 rings (SSSR count). The van der Waals surface area contributed by atoms with Gasteiger partial charge in [-0.1, -0.05) is 12.1 Å². The molecular weight excluding hydrogens is 424 g/mol. The molecule has 0 aliphatic heterocycles. The maximum absolute atomic E-state index is 12.3. The first-order chi connectivity index (χ1) is 15.6. The lowest BCUT2D eigenvalue weighted by Crippen LogP contribution is -2.16. The van der Waals surface area contributed by atoms with E-state index in [1.807, 2.05) is 42.5 Å². The number of fused-ring (bicyclic) bond motifs is 1. The average molecular weight is 449 g/mol. The number of benzene rings is 2. The minimum atomic E-state index is -0.361. The summed E-state index contributed by atoms with van der Waals surface area (Å²) in [6, 6.07) is 16.5. The van der Waals surface area contributed by atoms with Crippen molar-refractivity contribution in [3.63, 3.8) is 0 Å². The fourth-order valence-electron chi connectivity index (χ4n) is 3.49. The Morgan fingerprint density at radius 1 is 1.06 bits per heavy atom. The maximum Gasteiger partial charge on any atom is 0.337 e. The summed E-state index contributed by atoms with van der Waals surface area (Å²) in [4.78, 5) is 25.9. The van der Waals surface area contributed by atoms with Gasteiger partial charge in [0.05, 0.1) is 23.8 Å². The minimum Gasteiger partial charge on any atom is -0.489 e. The number of hydrogen-bond donors (Lipinski definition) is 1. The van der Waals surface area contributed by atoms with Crippen LogP contribution in [0.15, 0.2) is 59.7 Å². The molecule has 1 heterocycles. The summed E-state index contributed by atoms with van der Waals surface area (Å²) in [5, 5.41) is 4.08. The van der Waals surface area contributed by atoms with Gasteiger partial charge in [0, 0.05) is 4.88 Å². The van der Waals surface area contributed by atoms with E-state index < -0.39 is 0 Å². The highest BCUT2D eigenvalue weighted by atomic mass is 32.1. The smallest absolute Gasteiger partial charge is 0.337 e. The summed E-state index contributed by atoms with van der Waals surface area (Å²) in [5.74, 6) is 0.187. The summed E-state index contributed by atoms with van der Waals surface area (Å²) >= 11 is 1.57. The molecule has 2 aromatic carbocycles. The van der Waals surface area contributed by atoms with Crippen LogP contribution in [0, 0.1) is 0 Å². The second-order valence-electron chi connectivity index (χ2n) is 7.51. The molecule has 0 fully saturated rings. The number of carbonyl (C=O) groups is 2. The molecule has 32 heavy (non-hydrogen) atoms. The number of hydrazone groups is 1. The second kappa shape index (κ2) is 10.2. The van der Waals surface area contributed by atoms with E-state index in [4.69, 9.17) is 9.47 Å². The maximum atomic E-state index is 12.3. The standard InChI is InChI=1S/C25H24N2O4S/c1-30-25(29)19-10-6-18(7-11-19)16-31-21-12-8-17(9-13-21)15-26-27-24(28)23-14-20-4-2-3-5-22(20)32-23/h6-15H,2-5,16H2,1H3,(H,27,28). The number of ether oxygens (including phenoxy) is 2. The number of esters is 1. The van der Waals surface area contributed by atoms with Gasteiger partial charge in [-0.3, -0.25) is 4.79 Å². The van der Waals surface area contributed by atoms with Gasteiger partial charge in [0.15, 0.2) is 0 Å². The highest BCUT2D eigenvalue weighted by Gasteiger charge is 2.16. The van der Waals surface area contributed by atoms with Gasteiger partial charge in [0.25, 0.3) is 5.91 Å². The van der Waals surface area contributed by atoms with Crippen LogP contribution in [0.1, 0.15) is 54.4 Å². The normalized spacial score (nSPS) is 12.9. The molecule has 0 atom stereocenters. The lowest BCUT2D eigenvalue weighted by Gasteiger charge is -2.08. The summed E-state index contributed by atoms with van der Waals surface area (Å²) in [6.07, 6.45) is 6.15. The monoisotopic (exact) mass is 448 g/mol. The van der Waals surface area contributed by atoms with Gasteiger partial charge >= 0.3 is 5.97 Å². The number of nitrogens with zero attached hydrogens (tertiary/aromatic N) is 1. The molecule has 1 N–H and O–H groups in total. The highest BCUT2D eigenvalue weighted by molar-refractivity contribution is 7.14. The zero-order valence-corrected chi connectivity index (χ0v) is 18.6. The molecule has 7 heteroatoms. The fraction of sp³-hybridized carbons (Fsp3) is 0.240. The van der Waals surface area contributed by atoms with E-state index in [0.717, 1.165) is 28.8 Å². The predicted molar refractivity (Wildman–Crippen MR) is 125 cm³/mol. The molecule has 164 valence electrons. The molecule has 6 nitrogen and oxygen atoms in total. The summed E-state index contributed by atoms with van der Waals surface area (Å²) < 4.78 is 10.5. The molecule has 1 amide bonds. The topological polar surface area (TPSA) is 77.0 Å². The summed E-state index contributed by atoms with van der Waals surface area (Å²) in [7, 11) is 1.36. The van der Waals surface area contributed by atoms with Crippen LogP contribution in [0.2, 0.25) is 0 Å². The van der Waals surface area contributed by atoms with Gasteiger partial charge in [-0.05, 0) is 84.8 Å². The number of thiophene rings is 1. The third kappa shape index (κ3) is 5.42. The number of methoxy groups -OCH3 is 1. The van der Waals surface area contributed by atoms with E-state index in [2.05, 4.69) is 10.5 Å². The van der Waals surface area contributed by atoms with Crippen LogP contribution in [0.25, 0.3) is 0 Å². The average Bonchev–Trinajstić information content (AvgIpc) is 3.28. The SMILES string of the molecule is COC(=O)c1ccc(COc2ccc(C=NNC(=O)c3cc4c(s3)CCCC4)cc2)cc1. The van der Waals surface area contributed by atoms with E-state index in [-0.39, 0.29) is 11.9 Å². The quantitative estimate of drug-likeness (QED) is 0.321. The molecule has 3 aromatic rings. The highest BCUT2D eigenvalue weighted by Crippen LogP contribution is 2.29. The Hall–Kier alpha value is -3.45. The number of aryl methyl sites for hydroxylation is 2. The van der Waals surface area contributed by atoms with Gasteiger partial charge in [0.2, 0.25) is 0 Å². The molecule has 0 bridgehead atoms. The van der Waals surface area contributed by atoms with Crippen molar-refractivity contribution >= 4 is 29.4 Å². The van der Waals surface area contributed by atoms with E-state index in [1.54, 1.807) is 29.7 Å². The molecule has 0 saturated heterocycles. The number of hydrogen-bond acceptors (Lipinski definition) is 6. The third-order valence-electron chi connectivity index (χ3n) is 5.26. The van der Waals surface area contributed by atoms with Crippen LogP contribution in [-0.2, 0) is 24.2 Å². The van der Waals surface area contributed by atoms with E-state index >= 15 is 0 Å². The van der Waals surface area contributed by atoms with Crippen molar-refractivity contribution in [2.75, 3.05) is 7.11 Å². The summed E-state index contributed by atoms with van der Waals surface area (Å²) in [6.45, 7) is 0.385. The molecule has 0 radical (unpaired) electrons. The van der Waals surface area contributed by atoms with Gasteiger partial charge in [-0.15, -0.1) is 11.3 Å². The molecule has 1 aliphatic rings. The first kappa shape index (κ1) is 21.8.